The van der Waals surface area contributed by atoms with E-state index in [4.69, 9.17) is 34.2 Å². The fourth-order valence-electron chi connectivity index (χ4n) is 4.27. The van der Waals surface area contributed by atoms with Gasteiger partial charge in [0.2, 0.25) is 0 Å². The Hall–Kier alpha value is 0.938. The maximum absolute atomic E-state index is 6.85. The summed E-state index contributed by atoms with van der Waals surface area (Å²) in [6, 6.07) is 3.21. The van der Waals surface area contributed by atoms with Crippen LogP contribution in [-0.4, -0.2) is 87.7 Å². The second-order valence-corrected chi connectivity index (χ2v) is 35.1. The van der Waals surface area contributed by atoms with E-state index in [1.165, 1.54) is 0 Å². The van der Waals surface area contributed by atoms with Crippen LogP contribution in [0, 0.1) is 0 Å². The second kappa shape index (κ2) is 12.7. The predicted octanol–water partition coefficient (Wildman–Crippen LogP) is 5.10. The highest BCUT2D eigenvalue weighted by molar-refractivity contribution is 6.94. The molecular formula is C19H49O8Si7. The SMILES string of the molecule is C=C[Si](C)CO[Si](C)(C)CC[Si]1(C)O[Si](C)(C)O[Si](C)(CC[Si](OC)(OC)OC)O[Si](C)(C)O1. The Morgan fingerprint density at radius 2 is 1.15 bits per heavy atom. The van der Waals surface area contributed by atoms with Crippen LogP contribution >= 0.6 is 0 Å². The van der Waals surface area contributed by atoms with Crippen LogP contribution in [0.3, 0.4) is 0 Å². The van der Waals surface area contributed by atoms with E-state index in [-0.39, 0.29) is 0 Å². The number of rotatable bonds is 13. The molecule has 0 aromatic carbocycles. The molecule has 1 heterocycles. The van der Waals surface area contributed by atoms with Gasteiger partial charge in [-0.3, -0.25) is 0 Å². The van der Waals surface area contributed by atoms with Crippen molar-refractivity contribution in [2.75, 3.05) is 27.6 Å². The molecule has 0 spiro atoms. The molecule has 1 aliphatic heterocycles. The van der Waals surface area contributed by atoms with Gasteiger partial charge in [0.05, 0.1) is 0 Å². The average Bonchev–Trinajstić information content (AvgIpc) is 2.69. The molecule has 0 aromatic rings. The molecule has 1 saturated heterocycles. The molecule has 0 N–H and O–H groups in total. The molecule has 1 rings (SSSR count). The van der Waals surface area contributed by atoms with Gasteiger partial charge < -0.3 is 34.2 Å². The van der Waals surface area contributed by atoms with Gasteiger partial charge in [0.25, 0.3) is 0 Å². The molecule has 15 heteroatoms. The predicted molar refractivity (Wildman–Crippen MR) is 154 cm³/mol. The Morgan fingerprint density at radius 1 is 0.765 bits per heavy atom. The van der Waals surface area contributed by atoms with Crippen LogP contribution in [0.2, 0.25) is 83.1 Å². The first-order valence-corrected chi connectivity index (χ1v) is 29.9. The first kappa shape index (κ1) is 33.0. The summed E-state index contributed by atoms with van der Waals surface area (Å²) in [6.07, 6.45) is 0.819. The maximum Gasteiger partial charge on any atom is 0.500 e. The van der Waals surface area contributed by atoms with E-state index in [2.05, 4.69) is 65.5 Å². The molecule has 0 bridgehead atoms. The van der Waals surface area contributed by atoms with Crippen molar-refractivity contribution in [3.8, 4) is 0 Å². The van der Waals surface area contributed by atoms with Crippen molar-refractivity contribution < 1.29 is 34.2 Å². The van der Waals surface area contributed by atoms with E-state index in [0.717, 1.165) is 18.3 Å². The molecule has 201 valence electrons. The lowest BCUT2D eigenvalue weighted by atomic mass is 10.9. The molecule has 0 saturated carbocycles. The van der Waals surface area contributed by atoms with Gasteiger partial charge in [0.1, 0.15) is 8.80 Å². The van der Waals surface area contributed by atoms with Gasteiger partial charge in [-0.1, -0.05) is 6.55 Å². The van der Waals surface area contributed by atoms with E-state index in [1.807, 2.05) is 5.70 Å². The minimum Gasteiger partial charge on any atom is -0.420 e. The molecule has 0 aliphatic carbocycles. The van der Waals surface area contributed by atoms with Gasteiger partial charge in [-0.25, -0.2) is 0 Å². The van der Waals surface area contributed by atoms with Crippen LogP contribution < -0.4 is 0 Å². The lowest BCUT2D eigenvalue weighted by Gasteiger charge is -2.49. The number of hydrogen-bond donors (Lipinski definition) is 0. The van der Waals surface area contributed by atoms with E-state index in [9.17, 15) is 0 Å². The van der Waals surface area contributed by atoms with Crippen LogP contribution in [0.25, 0.3) is 0 Å². The van der Waals surface area contributed by atoms with Crippen molar-refractivity contribution in [1.29, 1.82) is 0 Å². The summed E-state index contributed by atoms with van der Waals surface area (Å²) < 4.78 is 50.6. The quantitative estimate of drug-likeness (QED) is 0.270. The molecule has 0 amide bonds. The molecule has 0 atom stereocenters. The van der Waals surface area contributed by atoms with Crippen molar-refractivity contribution in [2.24, 2.45) is 0 Å². The van der Waals surface area contributed by atoms with Gasteiger partial charge >= 0.3 is 43.0 Å². The molecule has 1 radical (unpaired) electrons. The highest BCUT2D eigenvalue weighted by Gasteiger charge is 2.55. The normalized spacial score (nSPS) is 27.9. The summed E-state index contributed by atoms with van der Waals surface area (Å²) in [5, 5.41) is 0. The molecule has 0 unspecified atom stereocenters. The Balaban J connectivity index is 3.00. The van der Waals surface area contributed by atoms with E-state index < -0.39 is 60.2 Å². The third-order valence-corrected chi connectivity index (χ3v) is 30.7. The Bertz CT molecular complexity index is 632. The van der Waals surface area contributed by atoms with Crippen LogP contribution in [-0.2, 0) is 34.2 Å². The van der Waals surface area contributed by atoms with Crippen molar-refractivity contribution in [3.63, 3.8) is 0 Å². The zero-order chi connectivity index (χ0) is 26.5. The summed E-state index contributed by atoms with van der Waals surface area (Å²) >= 11 is 0. The van der Waals surface area contributed by atoms with Crippen molar-refractivity contribution in [1.82, 2.24) is 0 Å². The molecule has 8 nitrogen and oxygen atoms in total. The minimum absolute atomic E-state index is 0.621. The van der Waals surface area contributed by atoms with Gasteiger partial charge in [-0.05, 0) is 70.5 Å². The van der Waals surface area contributed by atoms with Crippen LogP contribution in [0.1, 0.15) is 0 Å². The van der Waals surface area contributed by atoms with E-state index in [0.29, 0.717) is 12.1 Å². The smallest absolute Gasteiger partial charge is 0.420 e. The highest BCUT2D eigenvalue weighted by Crippen LogP contribution is 2.37. The maximum atomic E-state index is 6.85. The van der Waals surface area contributed by atoms with Gasteiger partial charge in [0.15, 0.2) is 8.32 Å². The summed E-state index contributed by atoms with van der Waals surface area (Å²) in [5.41, 5.74) is 2.04. The second-order valence-electron chi connectivity index (χ2n) is 10.9. The monoisotopic (exact) mass is 601 g/mol. The standard InChI is InChI=1S/C19H49O8Si7/c1-14-28(5)19-23-29(6,7)15-16-32(12)24-30(8,9)26-33(13,27-31(10,11)25-32)17-18-34(20-2,21-3)22-4/h14H,1,15-19H2,2-13H3. The molecule has 1 fully saturated rings. The minimum atomic E-state index is -2.73. The largest absolute Gasteiger partial charge is 0.500 e. The third-order valence-electron chi connectivity index (χ3n) is 5.89. The Kier molecular flexibility index (Phi) is 12.3. The van der Waals surface area contributed by atoms with Gasteiger partial charge in [-0.2, -0.15) is 0 Å². The Labute approximate surface area is 216 Å². The van der Waals surface area contributed by atoms with Crippen LogP contribution in [0.15, 0.2) is 12.3 Å². The van der Waals surface area contributed by atoms with Crippen molar-refractivity contribution in [3.05, 3.63) is 12.3 Å². The highest BCUT2D eigenvalue weighted by atomic mass is 28.5. The topological polar surface area (TPSA) is 73.8 Å². The van der Waals surface area contributed by atoms with Crippen LogP contribution in [0.4, 0.5) is 0 Å². The van der Waals surface area contributed by atoms with E-state index in [1.54, 1.807) is 21.3 Å². The van der Waals surface area contributed by atoms with Gasteiger partial charge in [-0.15, -0.1) is 12.3 Å². The summed E-state index contributed by atoms with van der Waals surface area (Å²) in [6.45, 7) is 23.4. The zero-order valence-corrected chi connectivity index (χ0v) is 30.6. The molecule has 0 aromatic heterocycles. The average molecular weight is 602 g/mol. The molecule has 1 aliphatic rings. The lowest BCUT2D eigenvalue weighted by molar-refractivity contribution is 0.124. The summed E-state index contributed by atoms with van der Waals surface area (Å²) in [4.78, 5) is 0. The van der Waals surface area contributed by atoms with Crippen molar-refractivity contribution in [2.45, 2.75) is 83.1 Å². The van der Waals surface area contributed by atoms with E-state index >= 15 is 0 Å². The Morgan fingerprint density at radius 3 is 1.50 bits per heavy atom. The van der Waals surface area contributed by atoms with Crippen LogP contribution in [0.5, 0.6) is 0 Å². The first-order valence-electron chi connectivity index (χ1n) is 11.9. The zero-order valence-electron chi connectivity index (χ0n) is 23.6. The summed E-state index contributed by atoms with van der Waals surface area (Å²) in [5.74, 6) is 0. The molecular weight excluding hydrogens is 553 g/mol. The first-order chi connectivity index (χ1) is 15.4. The third kappa shape index (κ3) is 10.7. The lowest BCUT2D eigenvalue weighted by Crippen LogP contribution is -2.66. The van der Waals surface area contributed by atoms with Crippen molar-refractivity contribution >= 4 is 60.2 Å². The molecule has 34 heavy (non-hydrogen) atoms. The fourth-order valence-corrected chi connectivity index (χ4v) is 35.8. The van der Waals surface area contributed by atoms with Gasteiger partial charge in [0, 0.05) is 33.6 Å². The summed E-state index contributed by atoms with van der Waals surface area (Å²) in [7, 11) is -10.5. The number of hydrogen-bond acceptors (Lipinski definition) is 8. The fraction of sp³-hybridized carbons (Fsp3) is 0.895.